The summed E-state index contributed by atoms with van der Waals surface area (Å²) < 4.78 is 10.8. The van der Waals surface area contributed by atoms with Crippen molar-refractivity contribution < 1.29 is 14.3 Å². The van der Waals surface area contributed by atoms with Crippen molar-refractivity contribution in [3.8, 4) is 11.5 Å². The Balaban J connectivity index is 1.90. The van der Waals surface area contributed by atoms with Crippen LogP contribution in [0.4, 0.5) is 0 Å². The summed E-state index contributed by atoms with van der Waals surface area (Å²) in [7, 11) is 1.57. The van der Waals surface area contributed by atoms with Gasteiger partial charge in [-0.2, -0.15) is 5.10 Å². The highest BCUT2D eigenvalue weighted by atomic mass is 32.1. The van der Waals surface area contributed by atoms with E-state index in [1.165, 1.54) is 0 Å². The number of methoxy groups -OCH3 is 1. The molecule has 0 unspecified atom stereocenters. The summed E-state index contributed by atoms with van der Waals surface area (Å²) >= 11 is 5.12. The Morgan fingerprint density at radius 1 is 1.10 bits per heavy atom. The van der Waals surface area contributed by atoms with Crippen molar-refractivity contribution in [2.75, 3.05) is 13.7 Å². The van der Waals surface area contributed by atoms with Crippen LogP contribution in [0.25, 0.3) is 10.8 Å². The van der Waals surface area contributed by atoms with E-state index in [0.29, 0.717) is 34.3 Å². The third-order valence-corrected chi connectivity index (χ3v) is 4.39. The summed E-state index contributed by atoms with van der Waals surface area (Å²) in [4.78, 5) is 12.6. The summed E-state index contributed by atoms with van der Waals surface area (Å²) in [6.07, 6.45) is 1.60. The number of fused-ring (bicyclic) bond motifs is 1. The molecule has 3 aromatic carbocycles. The monoisotopic (exact) mass is 407 g/mol. The predicted octanol–water partition coefficient (Wildman–Crippen LogP) is 3.89. The molecule has 0 atom stereocenters. The van der Waals surface area contributed by atoms with Crippen molar-refractivity contribution in [1.82, 2.24) is 10.7 Å². The lowest BCUT2D eigenvalue weighted by atomic mass is 10.0. The molecule has 0 aliphatic heterocycles. The molecule has 0 heterocycles. The fourth-order valence-electron chi connectivity index (χ4n) is 2.74. The Kier molecular flexibility index (Phi) is 6.76. The van der Waals surface area contributed by atoms with Crippen LogP contribution in [0, 0.1) is 0 Å². The number of esters is 1. The number of hydrazone groups is 1. The van der Waals surface area contributed by atoms with Crippen LogP contribution >= 0.6 is 12.2 Å². The van der Waals surface area contributed by atoms with Gasteiger partial charge in [0, 0.05) is 12.1 Å². The molecular weight excluding hydrogens is 386 g/mol. The maximum Gasteiger partial charge on any atom is 0.343 e. The molecular formula is C22H21N3O3S. The minimum absolute atomic E-state index is 0.407. The van der Waals surface area contributed by atoms with Crippen LogP contribution in [-0.2, 0) is 0 Å². The lowest BCUT2D eigenvalue weighted by Crippen LogP contribution is -2.31. The molecule has 29 heavy (non-hydrogen) atoms. The highest BCUT2D eigenvalue weighted by Crippen LogP contribution is 2.27. The van der Waals surface area contributed by atoms with Gasteiger partial charge in [-0.05, 0) is 60.2 Å². The van der Waals surface area contributed by atoms with Crippen LogP contribution in [0.2, 0.25) is 0 Å². The summed E-state index contributed by atoms with van der Waals surface area (Å²) in [5, 5.41) is 9.48. The lowest BCUT2D eigenvalue weighted by molar-refractivity contribution is 0.0734. The largest absolute Gasteiger partial charge is 0.497 e. The van der Waals surface area contributed by atoms with Gasteiger partial charge in [0.25, 0.3) is 0 Å². The van der Waals surface area contributed by atoms with Gasteiger partial charge in [0.1, 0.15) is 11.5 Å². The number of rotatable bonds is 6. The van der Waals surface area contributed by atoms with E-state index in [4.69, 9.17) is 21.7 Å². The number of thiocarbonyl (C=S) groups is 1. The smallest absolute Gasteiger partial charge is 0.343 e. The second-order valence-corrected chi connectivity index (χ2v) is 6.45. The number of hydrogen-bond acceptors (Lipinski definition) is 5. The average Bonchev–Trinajstić information content (AvgIpc) is 2.75. The first kappa shape index (κ1) is 20.3. The molecule has 0 aliphatic carbocycles. The van der Waals surface area contributed by atoms with E-state index in [9.17, 15) is 4.79 Å². The number of hydrogen-bond donors (Lipinski definition) is 2. The first-order valence-corrected chi connectivity index (χ1v) is 9.48. The summed E-state index contributed by atoms with van der Waals surface area (Å²) in [5.74, 6) is 0.612. The van der Waals surface area contributed by atoms with Crippen LogP contribution in [0.15, 0.2) is 65.8 Å². The molecule has 0 bridgehead atoms. The zero-order valence-electron chi connectivity index (χ0n) is 16.1. The van der Waals surface area contributed by atoms with E-state index in [1.54, 1.807) is 43.7 Å². The molecule has 3 rings (SSSR count). The molecule has 0 fully saturated rings. The van der Waals surface area contributed by atoms with Crippen LogP contribution in [-0.4, -0.2) is 31.0 Å². The van der Waals surface area contributed by atoms with Gasteiger partial charge in [-0.15, -0.1) is 0 Å². The van der Waals surface area contributed by atoms with Gasteiger partial charge in [-0.25, -0.2) is 4.79 Å². The van der Waals surface area contributed by atoms with E-state index in [1.807, 2.05) is 37.3 Å². The number of nitrogens with one attached hydrogen (secondary N) is 2. The SMILES string of the molecule is CCNC(=S)N/N=C\c1c(OC(=O)c2ccc(OC)cc2)ccc2ccccc12. The molecule has 2 N–H and O–H groups in total. The normalized spacial score (nSPS) is 10.7. The van der Waals surface area contributed by atoms with Crippen LogP contribution in [0.5, 0.6) is 11.5 Å². The second-order valence-electron chi connectivity index (χ2n) is 6.05. The van der Waals surface area contributed by atoms with Crippen molar-refractivity contribution in [3.63, 3.8) is 0 Å². The summed E-state index contributed by atoms with van der Waals surface area (Å²) in [5.41, 5.74) is 3.86. The number of carbonyl (C=O) groups is 1. The number of ether oxygens (including phenoxy) is 2. The quantitative estimate of drug-likeness (QED) is 0.212. The van der Waals surface area contributed by atoms with Crippen molar-refractivity contribution in [3.05, 3.63) is 71.8 Å². The van der Waals surface area contributed by atoms with Gasteiger partial charge < -0.3 is 14.8 Å². The van der Waals surface area contributed by atoms with Gasteiger partial charge in [0.05, 0.1) is 18.9 Å². The molecule has 0 saturated heterocycles. The van der Waals surface area contributed by atoms with Crippen molar-refractivity contribution in [2.45, 2.75) is 6.92 Å². The Morgan fingerprint density at radius 3 is 2.59 bits per heavy atom. The molecule has 0 radical (unpaired) electrons. The van der Waals surface area contributed by atoms with Crippen molar-refractivity contribution in [2.24, 2.45) is 5.10 Å². The zero-order valence-corrected chi connectivity index (χ0v) is 17.0. The second kappa shape index (κ2) is 9.66. The molecule has 6 nitrogen and oxygen atoms in total. The van der Waals surface area contributed by atoms with Gasteiger partial charge in [-0.3, -0.25) is 5.43 Å². The van der Waals surface area contributed by atoms with Crippen molar-refractivity contribution >= 4 is 40.3 Å². The van der Waals surface area contributed by atoms with Crippen LogP contribution in [0.1, 0.15) is 22.8 Å². The minimum Gasteiger partial charge on any atom is -0.497 e. The fraction of sp³-hybridized carbons (Fsp3) is 0.136. The molecule has 7 heteroatoms. The summed E-state index contributed by atoms with van der Waals surface area (Å²) in [6.45, 7) is 2.64. The average molecular weight is 407 g/mol. The molecule has 0 amide bonds. The highest BCUT2D eigenvalue weighted by Gasteiger charge is 2.13. The van der Waals surface area contributed by atoms with Gasteiger partial charge in [0.2, 0.25) is 0 Å². The molecule has 0 aliphatic rings. The number of carbonyl (C=O) groups excluding carboxylic acids is 1. The Bertz CT molecular complexity index is 1050. The Morgan fingerprint density at radius 2 is 1.86 bits per heavy atom. The summed E-state index contributed by atoms with van der Waals surface area (Å²) in [6, 6.07) is 18.2. The highest BCUT2D eigenvalue weighted by molar-refractivity contribution is 7.80. The molecule has 0 saturated carbocycles. The Labute approximate surface area is 174 Å². The number of nitrogens with zero attached hydrogens (tertiary/aromatic N) is 1. The van der Waals surface area contributed by atoms with Gasteiger partial charge >= 0.3 is 5.97 Å². The molecule has 3 aromatic rings. The fourth-order valence-corrected chi connectivity index (χ4v) is 2.94. The van der Waals surface area contributed by atoms with Crippen LogP contribution < -0.4 is 20.2 Å². The van der Waals surface area contributed by atoms with E-state index in [0.717, 1.165) is 10.8 Å². The van der Waals surface area contributed by atoms with Crippen molar-refractivity contribution in [1.29, 1.82) is 0 Å². The maximum absolute atomic E-state index is 12.6. The molecule has 0 aromatic heterocycles. The van der Waals surface area contributed by atoms with Gasteiger partial charge in [0.15, 0.2) is 5.11 Å². The van der Waals surface area contributed by atoms with Gasteiger partial charge in [-0.1, -0.05) is 30.3 Å². The first-order chi connectivity index (χ1) is 14.1. The third kappa shape index (κ3) is 5.08. The lowest BCUT2D eigenvalue weighted by Gasteiger charge is -2.11. The standard InChI is InChI=1S/C22H21N3O3S/c1-3-23-22(29)25-24-14-19-18-7-5-4-6-15(18)10-13-20(19)28-21(26)16-8-11-17(27-2)12-9-16/h4-14H,3H2,1-2H3,(H2,23,25,29)/b24-14-. The zero-order chi connectivity index (χ0) is 20.6. The van der Waals surface area contributed by atoms with E-state index in [2.05, 4.69) is 15.8 Å². The third-order valence-electron chi connectivity index (χ3n) is 4.16. The first-order valence-electron chi connectivity index (χ1n) is 9.07. The van der Waals surface area contributed by atoms with E-state index < -0.39 is 5.97 Å². The van der Waals surface area contributed by atoms with Crippen LogP contribution in [0.3, 0.4) is 0 Å². The Hall–Kier alpha value is -3.45. The minimum atomic E-state index is -0.464. The predicted molar refractivity (Wildman–Crippen MR) is 119 cm³/mol. The molecule has 0 spiro atoms. The molecule has 148 valence electrons. The van der Waals surface area contributed by atoms with E-state index in [-0.39, 0.29) is 0 Å². The number of benzene rings is 3. The maximum atomic E-state index is 12.6. The topological polar surface area (TPSA) is 72.0 Å². The van der Waals surface area contributed by atoms with E-state index >= 15 is 0 Å².